The van der Waals surface area contributed by atoms with Crippen molar-refractivity contribution in [3.05, 3.63) is 82.9 Å². The molecule has 0 bridgehead atoms. The van der Waals surface area contributed by atoms with Crippen LogP contribution < -0.4 is 4.90 Å². The second-order valence-electron chi connectivity index (χ2n) is 7.52. The summed E-state index contributed by atoms with van der Waals surface area (Å²) in [4.78, 5) is 13.9. The van der Waals surface area contributed by atoms with Gasteiger partial charge in [0.2, 0.25) is 0 Å². The zero-order valence-corrected chi connectivity index (χ0v) is 16.6. The van der Waals surface area contributed by atoms with E-state index in [9.17, 15) is 9.90 Å². The smallest absolute Gasteiger partial charge is 0.327 e. The number of hydrogen-bond acceptors (Lipinski definition) is 2. The fourth-order valence-electron chi connectivity index (χ4n) is 3.81. The summed E-state index contributed by atoms with van der Waals surface area (Å²) >= 11 is 5.99. The number of nitrogens with zero attached hydrogens (tertiary/aromatic N) is 1. The van der Waals surface area contributed by atoms with Gasteiger partial charge in [-0.25, -0.2) is 4.79 Å². The lowest BCUT2D eigenvalue weighted by Crippen LogP contribution is -2.35. The van der Waals surface area contributed by atoms with E-state index in [-0.39, 0.29) is 0 Å². The predicted molar refractivity (Wildman–Crippen MR) is 115 cm³/mol. The van der Waals surface area contributed by atoms with Crippen LogP contribution in [0, 0.1) is 0 Å². The summed E-state index contributed by atoms with van der Waals surface area (Å²) < 4.78 is 0. The zero-order valence-electron chi connectivity index (χ0n) is 15.9. The van der Waals surface area contributed by atoms with Crippen LogP contribution in [0.25, 0.3) is 11.1 Å². The molecule has 0 saturated heterocycles. The largest absolute Gasteiger partial charge is 0.480 e. The molecule has 1 N–H and O–H groups in total. The van der Waals surface area contributed by atoms with Gasteiger partial charge >= 0.3 is 5.97 Å². The van der Waals surface area contributed by atoms with Crippen LogP contribution in [0.5, 0.6) is 0 Å². The third-order valence-electron chi connectivity index (χ3n) is 5.36. The molecule has 0 aliphatic carbocycles. The monoisotopic (exact) mass is 391 g/mol. The lowest BCUT2D eigenvalue weighted by molar-refractivity contribution is -0.138. The van der Waals surface area contributed by atoms with Crippen molar-refractivity contribution < 1.29 is 9.90 Å². The maximum absolute atomic E-state index is 12.0. The molecule has 28 heavy (non-hydrogen) atoms. The molecule has 1 unspecified atom stereocenters. The first-order valence-corrected chi connectivity index (χ1v) is 9.82. The molecule has 3 aromatic carbocycles. The van der Waals surface area contributed by atoms with Crippen molar-refractivity contribution in [3.8, 4) is 11.1 Å². The summed E-state index contributed by atoms with van der Waals surface area (Å²) in [5, 5.41) is 10.5. The molecule has 0 amide bonds. The van der Waals surface area contributed by atoms with E-state index in [1.54, 1.807) is 0 Å². The van der Waals surface area contributed by atoms with Gasteiger partial charge in [0.15, 0.2) is 0 Å². The molecule has 0 fully saturated rings. The minimum Gasteiger partial charge on any atom is -0.480 e. The molecule has 1 atom stereocenters. The van der Waals surface area contributed by atoms with Crippen molar-refractivity contribution in [2.75, 3.05) is 4.90 Å². The first kappa shape index (κ1) is 18.6. The molecule has 3 nitrogen and oxygen atoms in total. The molecule has 0 saturated carbocycles. The van der Waals surface area contributed by atoms with Crippen LogP contribution in [0.3, 0.4) is 0 Å². The van der Waals surface area contributed by atoms with Gasteiger partial charge in [0.25, 0.3) is 0 Å². The van der Waals surface area contributed by atoms with Crippen molar-refractivity contribution in [2.45, 2.75) is 32.2 Å². The second-order valence-corrected chi connectivity index (χ2v) is 7.96. The van der Waals surface area contributed by atoms with E-state index in [2.05, 4.69) is 32.0 Å². The standard InChI is InChI=1S/C24H22ClNO2/c1-15(2)16-5-10-21(11-6-16)26-22-12-7-18(17-3-8-20(25)9-4-17)13-19(22)14-23(26)24(27)28/h3-13,15,23H,14H2,1-2H3,(H,27,28). The number of halogens is 1. The Balaban J connectivity index is 1.74. The highest BCUT2D eigenvalue weighted by atomic mass is 35.5. The summed E-state index contributed by atoms with van der Waals surface area (Å²) in [6.07, 6.45) is 0.484. The molecule has 1 aliphatic rings. The average Bonchev–Trinajstić information content (AvgIpc) is 3.07. The molecule has 4 heteroatoms. The topological polar surface area (TPSA) is 40.5 Å². The first-order valence-electron chi connectivity index (χ1n) is 9.45. The highest BCUT2D eigenvalue weighted by molar-refractivity contribution is 6.30. The van der Waals surface area contributed by atoms with Gasteiger partial charge in [-0.1, -0.05) is 55.8 Å². The molecule has 0 radical (unpaired) electrons. The van der Waals surface area contributed by atoms with Gasteiger partial charge < -0.3 is 10.0 Å². The molecule has 1 aliphatic heterocycles. The number of carbonyl (C=O) groups is 1. The van der Waals surface area contributed by atoms with Crippen molar-refractivity contribution in [3.63, 3.8) is 0 Å². The van der Waals surface area contributed by atoms with Crippen LogP contribution in [-0.2, 0) is 11.2 Å². The molecule has 142 valence electrons. The molecule has 4 rings (SSSR count). The quantitative estimate of drug-likeness (QED) is 0.569. The third kappa shape index (κ3) is 3.38. The van der Waals surface area contributed by atoms with Gasteiger partial charge in [0.1, 0.15) is 6.04 Å². The number of carboxylic acids is 1. The van der Waals surface area contributed by atoms with Gasteiger partial charge in [0.05, 0.1) is 0 Å². The second kappa shape index (κ2) is 7.33. The van der Waals surface area contributed by atoms with Gasteiger partial charge in [-0.2, -0.15) is 0 Å². The van der Waals surface area contributed by atoms with Crippen LogP contribution in [0.2, 0.25) is 5.02 Å². The molecule has 0 aromatic heterocycles. The van der Waals surface area contributed by atoms with E-state index in [1.165, 1.54) is 5.56 Å². The Morgan fingerprint density at radius 3 is 2.25 bits per heavy atom. The van der Waals surface area contributed by atoms with E-state index >= 15 is 0 Å². The number of fused-ring (bicyclic) bond motifs is 1. The molecular formula is C24H22ClNO2. The fraction of sp³-hybridized carbons (Fsp3) is 0.208. The summed E-state index contributed by atoms with van der Waals surface area (Å²) in [7, 11) is 0. The lowest BCUT2D eigenvalue weighted by atomic mass is 10.0. The van der Waals surface area contributed by atoms with Gasteiger partial charge in [0, 0.05) is 22.8 Å². The zero-order chi connectivity index (χ0) is 19.8. The Labute approximate surface area is 170 Å². The molecule has 1 heterocycles. The van der Waals surface area contributed by atoms with Crippen molar-refractivity contribution in [1.82, 2.24) is 0 Å². The Kier molecular flexibility index (Phi) is 4.86. The highest BCUT2D eigenvalue weighted by Gasteiger charge is 2.35. The van der Waals surface area contributed by atoms with Crippen LogP contribution in [-0.4, -0.2) is 17.1 Å². The van der Waals surface area contributed by atoms with E-state index in [4.69, 9.17) is 11.6 Å². The third-order valence-corrected chi connectivity index (χ3v) is 5.62. The van der Waals surface area contributed by atoms with Gasteiger partial charge in [-0.3, -0.25) is 0 Å². The van der Waals surface area contributed by atoms with Crippen molar-refractivity contribution >= 4 is 28.9 Å². The fourth-order valence-corrected chi connectivity index (χ4v) is 3.94. The minimum atomic E-state index is -0.808. The lowest BCUT2D eigenvalue weighted by Gasteiger charge is -2.25. The number of carboxylic acid groups (broad SMARTS) is 1. The average molecular weight is 392 g/mol. The van der Waals surface area contributed by atoms with Crippen molar-refractivity contribution in [2.24, 2.45) is 0 Å². The first-order chi connectivity index (χ1) is 13.4. The summed E-state index contributed by atoms with van der Waals surface area (Å²) in [5.74, 6) is -0.366. The van der Waals surface area contributed by atoms with Gasteiger partial charge in [-0.15, -0.1) is 0 Å². The normalized spacial score (nSPS) is 15.7. The number of hydrogen-bond donors (Lipinski definition) is 1. The Morgan fingerprint density at radius 2 is 1.64 bits per heavy atom. The Morgan fingerprint density at radius 1 is 1.00 bits per heavy atom. The molecule has 0 spiro atoms. The maximum atomic E-state index is 12.0. The SMILES string of the molecule is CC(C)c1ccc(N2c3ccc(-c4ccc(Cl)cc4)cc3CC2C(=O)O)cc1. The van der Waals surface area contributed by atoms with E-state index in [1.807, 2.05) is 53.4 Å². The summed E-state index contributed by atoms with van der Waals surface area (Å²) in [5.41, 5.74) is 6.30. The number of aliphatic carboxylic acids is 1. The van der Waals surface area contributed by atoms with Crippen molar-refractivity contribution in [1.29, 1.82) is 0 Å². The molecular weight excluding hydrogens is 370 g/mol. The minimum absolute atomic E-state index is 0.442. The Bertz CT molecular complexity index is 1010. The van der Waals surface area contributed by atoms with Gasteiger partial charge in [-0.05, 0) is 64.6 Å². The van der Waals surface area contributed by atoms with E-state index in [0.717, 1.165) is 28.1 Å². The summed E-state index contributed by atoms with van der Waals surface area (Å²) in [6, 6.07) is 21.5. The molecule has 3 aromatic rings. The van der Waals surface area contributed by atoms with Crippen LogP contribution in [0.4, 0.5) is 11.4 Å². The van der Waals surface area contributed by atoms with E-state index < -0.39 is 12.0 Å². The maximum Gasteiger partial charge on any atom is 0.327 e. The highest BCUT2D eigenvalue weighted by Crippen LogP contribution is 2.40. The number of rotatable bonds is 4. The Hall–Kier alpha value is -2.78. The van der Waals surface area contributed by atoms with Crippen LogP contribution >= 0.6 is 11.6 Å². The van der Waals surface area contributed by atoms with Crippen LogP contribution in [0.15, 0.2) is 66.7 Å². The summed E-state index contributed by atoms with van der Waals surface area (Å²) in [6.45, 7) is 4.30. The van der Waals surface area contributed by atoms with E-state index in [0.29, 0.717) is 17.4 Å². The number of benzene rings is 3. The van der Waals surface area contributed by atoms with Crippen LogP contribution in [0.1, 0.15) is 30.9 Å². The number of anilines is 2. The predicted octanol–water partition coefficient (Wildman–Crippen LogP) is 6.28.